The van der Waals surface area contributed by atoms with Crippen LogP contribution in [0.2, 0.25) is 0 Å². The first kappa shape index (κ1) is 7.54. The van der Waals surface area contributed by atoms with E-state index in [0.29, 0.717) is 3.74 Å². The molecule has 0 saturated heterocycles. The first-order chi connectivity index (χ1) is 2.64. The highest BCUT2D eigenvalue weighted by molar-refractivity contribution is 9.27. The first-order valence-electron chi connectivity index (χ1n) is 1.10. The van der Waals surface area contributed by atoms with Gasteiger partial charge in [-0.05, 0) is 0 Å². The minimum absolute atomic E-state index is 0.454. The molecule has 4 heteroatoms. The van der Waals surface area contributed by atoms with Gasteiger partial charge in [-0.1, -0.05) is 31.9 Å². The van der Waals surface area contributed by atoms with Gasteiger partial charge in [0.05, 0.1) is 0 Å². The molecule has 0 aliphatic heterocycles. The standard InChI is InChI=1S/C2HBr2Cl2/c3-1(4)2(5)6/h2H. The first-order valence-corrected chi connectivity index (χ1v) is 3.56. The Kier molecular flexibility index (Phi) is 4.44. The number of hydrogen-bond donors (Lipinski definition) is 0. The highest BCUT2D eigenvalue weighted by atomic mass is 79.9. The molecule has 0 bridgehead atoms. The summed E-state index contributed by atoms with van der Waals surface area (Å²) in [6.45, 7) is 0. The van der Waals surface area contributed by atoms with Crippen LogP contribution in [0.25, 0.3) is 0 Å². The van der Waals surface area contributed by atoms with Gasteiger partial charge in [-0.2, -0.15) is 0 Å². The van der Waals surface area contributed by atoms with Gasteiger partial charge in [-0.3, -0.25) is 0 Å². The monoisotopic (exact) mass is 253 g/mol. The van der Waals surface area contributed by atoms with Crippen molar-refractivity contribution in [3.63, 3.8) is 0 Å². The Bertz CT molecular complexity index is 30.5. The molecule has 0 aliphatic rings. The lowest BCUT2D eigenvalue weighted by molar-refractivity contribution is 1.56. The number of halogens is 4. The average molecular weight is 256 g/mol. The van der Waals surface area contributed by atoms with E-state index in [9.17, 15) is 0 Å². The summed E-state index contributed by atoms with van der Waals surface area (Å²) in [7, 11) is 0. The van der Waals surface area contributed by atoms with Crippen molar-refractivity contribution in [3.8, 4) is 0 Å². The summed E-state index contributed by atoms with van der Waals surface area (Å²) >= 11 is 16.5. The fourth-order valence-corrected chi connectivity index (χ4v) is 0. The largest absolute Gasteiger partial charge is 0.138 e. The van der Waals surface area contributed by atoms with Gasteiger partial charge in [-0.15, -0.1) is 23.2 Å². The van der Waals surface area contributed by atoms with Crippen molar-refractivity contribution in [2.75, 3.05) is 0 Å². The van der Waals surface area contributed by atoms with Gasteiger partial charge >= 0.3 is 0 Å². The van der Waals surface area contributed by atoms with Crippen molar-refractivity contribution in [3.05, 3.63) is 3.74 Å². The Balaban J connectivity index is 2.99. The van der Waals surface area contributed by atoms with Crippen molar-refractivity contribution in [1.29, 1.82) is 0 Å². The van der Waals surface area contributed by atoms with E-state index in [-0.39, 0.29) is 0 Å². The van der Waals surface area contributed by atoms with Gasteiger partial charge in [0.15, 0.2) is 0 Å². The zero-order valence-corrected chi connectivity index (χ0v) is 7.27. The molecule has 0 aliphatic carbocycles. The van der Waals surface area contributed by atoms with Crippen molar-refractivity contribution in [1.82, 2.24) is 0 Å². The third-order valence-electron chi connectivity index (χ3n) is 0.165. The second kappa shape index (κ2) is 3.53. The third kappa shape index (κ3) is 3.72. The van der Waals surface area contributed by atoms with Crippen molar-refractivity contribution in [2.45, 2.75) is 4.84 Å². The minimum atomic E-state index is -0.454. The molecule has 0 rings (SSSR count). The fourth-order valence-electron chi connectivity index (χ4n) is 0. The summed E-state index contributed by atoms with van der Waals surface area (Å²) in [5.74, 6) is 0. The highest BCUT2D eigenvalue weighted by Crippen LogP contribution is 2.29. The normalized spacial score (nSPS) is 11.0. The van der Waals surface area contributed by atoms with Gasteiger partial charge in [0.1, 0.15) is 8.57 Å². The maximum atomic E-state index is 5.25. The summed E-state index contributed by atoms with van der Waals surface area (Å²) < 4.78 is 0.665. The van der Waals surface area contributed by atoms with Crippen LogP contribution in [0.5, 0.6) is 0 Å². The van der Waals surface area contributed by atoms with E-state index < -0.39 is 4.84 Å². The fraction of sp³-hybridized carbons (Fsp3) is 0.500. The van der Waals surface area contributed by atoms with Crippen molar-refractivity contribution in [2.24, 2.45) is 0 Å². The second-order valence-electron chi connectivity index (χ2n) is 0.590. The Morgan fingerprint density at radius 3 is 1.50 bits per heavy atom. The molecule has 0 amide bonds. The molecule has 6 heavy (non-hydrogen) atoms. The maximum Gasteiger partial charge on any atom is 0.138 e. The molecule has 0 aromatic carbocycles. The Labute approximate surface area is 63.4 Å². The van der Waals surface area contributed by atoms with E-state index in [0.717, 1.165) is 0 Å². The second-order valence-corrected chi connectivity index (χ2v) is 4.46. The van der Waals surface area contributed by atoms with E-state index in [1.165, 1.54) is 0 Å². The zero-order chi connectivity index (χ0) is 5.15. The molecule has 0 saturated carbocycles. The molecule has 0 fully saturated rings. The summed E-state index contributed by atoms with van der Waals surface area (Å²) in [5.41, 5.74) is 0. The van der Waals surface area contributed by atoms with E-state index >= 15 is 0 Å². The molecule has 0 atom stereocenters. The molecule has 0 N–H and O–H groups in total. The predicted molar refractivity (Wildman–Crippen MR) is 36.6 cm³/mol. The summed E-state index contributed by atoms with van der Waals surface area (Å²) in [6.07, 6.45) is 0. The van der Waals surface area contributed by atoms with Gasteiger partial charge < -0.3 is 0 Å². The Hall–Kier alpha value is 1.54. The molecular weight excluding hydrogens is 255 g/mol. The van der Waals surface area contributed by atoms with E-state index in [1.54, 1.807) is 0 Å². The molecule has 0 aromatic rings. The highest BCUT2D eigenvalue weighted by Gasteiger charge is 2.07. The maximum absolute atomic E-state index is 5.25. The molecule has 37 valence electrons. The van der Waals surface area contributed by atoms with Crippen LogP contribution in [-0.2, 0) is 0 Å². The van der Waals surface area contributed by atoms with Crippen LogP contribution in [0.4, 0.5) is 0 Å². The summed E-state index contributed by atoms with van der Waals surface area (Å²) in [6, 6.07) is 0. The Morgan fingerprint density at radius 2 is 1.50 bits per heavy atom. The van der Waals surface area contributed by atoms with Gasteiger partial charge in [0.25, 0.3) is 0 Å². The van der Waals surface area contributed by atoms with Crippen LogP contribution in [0.1, 0.15) is 0 Å². The van der Waals surface area contributed by atoms with Crippen LogP contribution in [0.15, 0.2) is 0 Å². The zero-order valence-electron chi connectivity index (χ0n) is 2.59. The summed E-state index contributed by atoms with van der Waals surface area (Å²) in [4.78, 5) is -0.454. The minimum Gasteiger partial charge on any atom is -0.103 e. The van der Waals surface area contributed by atoms with E-state index in [1.807, 2.05) is 0 Å². The van der Waals surface area contributed by atoms with Gasteiger partial charge in [0, 0.05) is 0 Å². The number of rotatable bonds is 1. The molecule has 0 nitrogen and oxygen atoms in total. The molecule has 0 unspecified atom stereocenters. The summed E-state index contributed by atoms with van der Waals surface area (Å²) in [5, 5.41) is 0. The van der Waals surface area contributed by atoms with E-state index in [4.69, 9.17) is 23.2 Å². The van der Waals surface area contributed by atoms with Crippen LogP contribution in [0, 0.1) is 3.74 Å². The molecule has 0 heterocycles. The lowest BCUT2D eigenvalue weighted by Crippen LogP contribution is -1.84. The topological polar surface area (TPSA) is 0 Å². The molecule has 0 spiro atoms. The van der Waals surface area contributed by atoms with Crippen LogP contribution < -0.4 is 0 Å². The van der Waals surface area contributed by atoms with Crippen molar-refractivity contribution >= 4 is 55.1 Å². The molecular formula is C2HBr2Cl2. The van der Waals surface area contributed by atoms with Crippen LogP contribution >= 0.6 is 55.1 Å². The third-order valence-corrected chi connectivity index (χ3v) is 2.57. The SMILES string of the molecule is ClC(Cl)[C](Br)Br. The quantitative estimate of drug-likeness (QED) is 0.632. The number of alkyl halides is 2. The predicted octanol–water partition coefficient (Wildman–Crippen LogP) is 3.07. The van der Waals surface area contributed by atoms with E-state index in [2.05, 4.69) is 31.9 Å². The lowest BCUT2D eigenvalue weighted by Gasteiger charge is -1.94. The van der Waals surface area contributed by atoms with Gasteiger partial charge in [0.2, 0.25) is 0 Å². The lowest BCUT2D eigenvalue weighted by atomic mass is 11.0. The van der Waals surface area contributed by atoms with Crippen LogP contribution in [0.3, 0.4) is 0 Å². The average Bonchev–Trinajstić information content (AvgIpc) is 1.36. The Morgan fingerprint density at radius 1 is 1.33 bits per heavy atom. The van der Waals surface area contributed by atoms with Gasteiger partial charge in [-0.25, -0.2) is 0 Å². The smallest absolute Gasteiger partial charge is 0.103 e. The van der Waals surface area contributed by atoms with Crippen LogP contribution in [-0.4, -0.2) is 4.84 Å². The molecule has 0 aromatic heterocycles. The molecule has 1 radical (unpaired) electrons. The number of hydrogen-bond acceptors (Lipinski definition) is 0. The van der Waals surface area contributed by atoms with Crippen molar-refractivity contribution < 1.29 is 0 Å².